The number of carbonyl (C=O) groups excluding carboxylic acids is 1. The van der Waals surface area contributed by atoms with Gasteiger partial charge >= 0.3 is 0 Å². The van der Waals surface area contributed by atoms with Gasteiger partial charge < -0.3 is 9.84 Å². The summed E-state index contributed by atoms with van der Waals surface area (Å²) in [6.45, 7) is 0. The molecule has 0 unspecified atom stereocenters. The van der Waals surface area contributed by atoms with E-state index in [-0.39, 0.29) is 11.4 Å². The summed E-state index contributed by atoms with van der Waals surface area (Å²) in [7, 11) is 1.45. The number of rotatable bonds is 4. The Morgan fingerprint density at radius 1 is 1.45 bits per heavy atom. The summed E-state index contributed by atoms with van der Waals surface area (Å²) in [5.74, 6) is -0.0949. The number of carbonyl (C=O) groups is 1. The molecule has 2 aromatic rings. The smallest absolute Gasteiger partial charge is 0.291 e. The minimum Gasteiger partial charge on any atom is -0.504 e. The summed E-state index contributed by atoms with van der Waals surface area (Å²) in [6.07, 6.45) is 5.66. The summed E-state index contributed by atoms with van der Waals surface area (Å²) < 4.78 is 4.97. The Bertz CT molecular complexity index is 629. The Morgan fingerprint density at radius 3 is 3.00 bits per heavy atom. The van der Waals surface area contributed by atoms with E-state index < -0.39 is 5.91 Å². The number of aromatic hydroxyl groups is 1. The number of amides is 1. The topological polar surface area (TPSA) is 96.7 Å². The van der Waals surface area contributed by atoms with Crippen molar-refractivity contribution in [2.75, 3.05) is 7.11 Å². The highest BCUT2D eigenvalue weighted by Crippen LogP contribution is 2.25. The molecular weight excluding hydrogens is 260 g/mol. The molecular formula is C13H12N4O3. The van der Waals surface area contributed by atoms with Crippen LogP contribution in [0.5, 0.6) is 11.5 Å². The van der Waals surface area contributed by atoms with Crippen LogP contribution in [0.15, 0.2) is 41.9 Å². The van der Waals surface area contributed by atoms with E-state index in [0.717, 1.165) is 0 Å². The summed E-state index contributed by atoms with van der Waals surface area (Å²) in [5, 5.41) is 13.2. The second-order valence-electron chi connectivity index (χ2n) is 3.72. The van der Waals surface area contributed by atoms with Crippen LogP contribution in [0.2, 0.25) is 0 Å². The van der Waals surface area contributed by atoms with E-state index in [2.05, 4.69) is 20.5 Å². The maximum Gasteiger partial charge on any atom is 0.291 e. The van der Waals surface area contributed by atoms with Crippen LogP contribution in [0.25, 0.3) is 0 Å². The summed E-state index contributed by atoms with van der Waals surface area (Å²) >= 11 is 0. The molecule has 2 rings (SSSR count). The number of methoxy groups -OCH3 is 1. The molecule has 2 N–H and O–H groups in total. The molecule has 7 heteroatoms. The maximum atomic E-state index is 11.6. The van der Waals surface area contributed by atoms with Crippen molar-refractivity contribution < 1.29 is 14.6 Å². The van der Waals surface area contributed by atoms with E-state index in [1.807, 2.05) is 0 Å². The Morgan fingerprint density at radius 2 is 2.30 bits per heavy atom. The van der Waals surface area contributed by atoms with Gasteiger partial charge in [-0.2, -0.15) is 5.10 Å². The number of nitrogens with one attached hydrogen (secondary N) is 1. The minimum atomic E-state index is -0.458. The van der Waals surface area contributed by atoms with E-state index in [1.54, 1.807) is 12.1 Å². The van der Waals surface area contributed by atoms with E-state index in [0.29, 0.717) is 11.3 Å². The van der Waals surface area contributed by atoms with Crippen molar-refractivity contribution in [2.45, 2.75) is 0 Å². The van der Waals surface area contributed by atoms with E-state index in [1.165, 1.54) is 38.0 Å². The maximum absolute atomic E-state index is 11.6. The average Bonchev–Trinajstić information content (AvgIpc) is 2.49. The second-order valence-corrected chi connectivity index (χ2v) is 3.72. The van der Waals surface area contributed by atoms with Gasteiger partial charge in [0.2, 0.25) is 0 Å². The minimum absolute atomic E-state index is 0.0354. The Hall–Kier alpha value is -2.96. The zero-order valence-electron chi connectivity index (χ0n) is 10.6. The van der Waals surface area contributed by atoms with Gasteiger partial charge in [-0.05, 0) is 23.8 Å². The largest absolute Gasteiger partial charge is 0.504 e. The lowest BCUT2D eigenvalue weighted by molar-refractivity contribution is 0.0949. The predicted molar refractivity (Wildman–Crippen MR) is 71.8 cm³/mol. The molecule has 1 heterocycles. The van der Waals surface area contributed by atoms with Crippen molar-refractivity contribution in [3.63, 3.8) is 0 Å². The van der Waals surface area contributed by atoms with Crippen molar-refractivity contribution in [2.24, 2.45) is 5.10 Å². The number of benzene rings is 1. The lowest BCUT2D eigenvalue weighted by atomic mass is 10.2. The Labute approximate surface area is 115 Å². The van der Waals surface area contributed by atoms with Crippen LogP contribution in [-0.2, 0) is 0 Å². The third-order valence-corrected chi connectivity index (χ3v) is 2.38. The van der Waals surface area contributed by atoms with Gasteiger partial charge in [-0.3, -0.25) is 9.78 Å². The molecule has 0 saturated carbocycles. The number of nitrogens with zero attached hydrogens (tertiary/aromatic N) is 3. The number of phenols is 1. The lowest BCUT2D eigenvalue weighted by Gasteiger charge is -2.03. The number of hydrogen-bond acceptors (Lipinski definition) is 6. The molecule has 0 aliphatic rings. The molecule has 0 radical (unpaired) electrons. The van der Waals surface area contributed by atoms with Crippen LogP contribution in [0, 0.1) is 0 Å². The van der Waals surface area contributed by atoms with Crippen LogP contribution in [0.4, 0.5) is 0 Å². The molecule has 0 saturated heterocycles. The third-order valence-electron chi connectivity index (χ3n) is 2.38. The second kappa shape index (κ2) is 6.28. The third kappa shape index (κ3) is 3.29. The van der Waals surface area contributed by atoms with Crippen molar-refractivity contribution >= 4 is 12.1 Å². The summed E-state index contributed by atoms with van der Waals surface area (Å²) in [6, 6.07) is 4.70. The molecule has 0 bridgehead atoms. The molecule has 0 spiro atoms. The molecule has 102 valence electrons. The highest BCUT2D eigenvalue weighted by Gasteiger charge is 2.05. The van der Waals surface area contributed by atoms with Gasteiger partial charge in [0.05, 0.1) is 19.5 Å². The Balaban J connectivity index is 2.02. The lowest BCUT2D eigenvalue weighted by Crippen LogP contribution is -2.19. The first-order valence-electron chi connectivity index (χ1n) is 5.67. The quantitative estimate of drug-likeness (QED) is 0.638. The van der Waals surface area contributed by atoms with Gasteiger partial charge in [0.25, 0.3) is 5.91 Å². The molecule has 0 fully saturated rings. The first kappa shape index (κ1) is 13.5. The zero-order chi connectivity index (χ0) is 14.4. The summed E-state index contributed by atoms with van der Waals surface area (Å²) in [4.78, 5) is 19.2. The fourth-order valence-corrected chi connectivity index (χ4v) is 1.41. The van der Waals surface area contributed by atoms with Crippen molar-refractivity contribution in [3.05, 3.63) is 48.0 Å². The van der Waals surface area contributed by atoms with Gasteiger partial charge in [-0.1, -0.05) is 0 Å². The fraction of sp³-hybridized carbons (Fsp3) is 0.0769. The van der Waals surface area contributed by atoms with E-state index >= 15 is 0 Å². The average molecular weight is 272 g/mol. The number of hydrogen-bond donors (Lipinski definition) is 2. The molecule has 0 atom stereocenters. The van der Waals surface area contributed by atoms with Gasteiger partial charge in [0.1, 0.15) is 5.69 Å². The first-order valence-corrected chi connectivity index (χ1v) is 5.67. The Kier molecular flexibility index (Phi) is 4.23. The number of hydrazone groups is 1. The van der Waals surface area contributed by atoms with Crippen LogP contribution < -0.4 is 10.2 Å². The molecule has 1 aromatic heterocycles. The molecule has 1 amide bonds. The van der Waals surface area contributed by atoms with Gasteiger partial charge in [-0.25, -0.2) is 10.4 Å². The first-order chi connectivity index (χ1) is 9.70. The van der Waals surface area contributed by atoms with Crippen molar-refractivity contribution in [3.8, 4) is 11.5 Å². The van der Waals surface area contributed by atoms with Crippen molar-refractivity contribution in [1.29, 1.82) is 0 Å². The number of phenolic OH excluding ortho intramolecular Hbond substituents is 1. The van der Waals surface area contributed by atoms with Crippen molar-refractivity contribution in [1.82, 2.24) is 15.4 Å². The molecule has 0 aliphatic carbocycles. The van der Waals surface area contributed by atoms with Gasteiger partial charge in [0.15, 0.2) is 11.5 Å². The van der Waals surface area contributed by atoms with Crippen LogP contribution in [-0.4, -0.2) is 34.3 Å². The molecule has 7 nitrogen and oxygen atoms in total. The van der Waals surface area contributed by atoms with Gasteiger partial charge in [-0.15, -0.1) is 0 Å². The summed E-state index contributed by atoms with van der Waals surface area (Å²) in [5.41, 5.74) is 3.16. The zero-order valence-corrected chi connectivity index (χ0v) is 10.6. The highest BCUT2D eigenvalue weighted by molar-refractivity contribution is 5.92. The van der Waals surface area contributed by atoms with Gasteiger partial charge in [0, 0.05) is 12.4 Å². The van der Waals surface area contributed by atoms with Crippen LogP contribution in [0.1, 0.15) is 16.1 Å². The standard InChI is InChI=1S/C13H12N4O3/c1-20-12-6-9(2-3-11(12)18)7-16-17-13(19)10-8-14-4-5-15-10/h2-8,18H,1H3,(H,17,19). The van der Waals surface area contributed by atoms with E-state index in [4.69, 9.17) is 4.74 Å². The predicted octanol–water partition coefficient (Wildman–Crippen LogP) is 0.955. The van der Waals surface area contributed by atoms with E-state index in [9.17, 15) is 9.90 Å². The molecule has 0 aliphatic heterocycles. The fourth-order valence-electron chi connectivity index (χ4n) is 1.41. The highest BCUT2D eigenvalue weighted by atomic mass is 16.5. The molecule has 20 heavy (non-hydrogen) atoms. The van der Waals surface area contributed by atoms with Crippen LogP contribution >= 0.6 is 0 Å². The molecule has 1 aromatic carbocycles. The number of aromatic nitrogens is 2. The van der Waals surface area contributed by atoms with Crippen LogP contribution in [0.3, 0.4) is 0 Å². The monoisotopic (exact) mass is 272 g/mol. The normalized spacial score (nSPS) is 10.4. The SMILES string of the molecule is COc1cc(C=NNC(=O)c2cnccn2)ccc1O. The number of ether oxygens (including phenoxy) is 1.